The lowest BCUT2D eigenvalue weighted by atomic mass is 10.4. The van der Waals surface area contributed by atoms with Crippen molar-refractivity contribution >= 4 is 17.5 Å². The fraction of sp³-hybridized carbons (Fsp3) is 0.643. The quantitative estimate of drug-likeness (QED) is 0.708. The molecule has 0 radical (unpaired) electrons. The molecule has 7 nitrogen and oxygen atoms in total. The highest BCUT2D eigenvalue weighted by Gasteiger charge is 2.11. The van der Waals surface area contributed by atoms with Gasteiger partial charge in [0.05, 0.1) is 6.54 Å². The molecule has 0 bridgehead atoms. The number of ether oxygens (including phenoxy) is 1. The normalized spacial score (nSPS) is 10.3. The van der Waals surface area contributed by atoms with E-state index in [-0.39, 0.29) is 12.5 Å². The second-order valence-corrected chi connectivity index (χ2v) is 4.62. The van der Waals surface area contributed by atoms with Crippen molar-refractivity contribution in [2.24, 2.45) is 0 Å². The average Bonchev–Trinajstić information content (AvgIpc) is 2.50. The molecule has 0 saturated carbocycles. The van der Waals surface area contributed by atoms with Gasteiger partial charge in [0, 0.05) is 33.3 Å². The van der Waals surface area contributed by atoms with Gasteiger partial charge >= 0.3 is 0 Å². The van der Waals surface area contributed by atoms with Crippen molar-refractivity contribution in [3.8, 4) is 0 Å². The molecule has 7 heteroatoms. The predicted octanol–water partition coefficient (Wildman–Crippen LogP) is 1.02. The summed E-state index contributed by atoms with van der Waals surface area (Å²) in [6.07, 6.45) is 1.01. The van der Waals surface area contributed by atoms with Crippen LogP contribution in [0.5, 0.6) is 0 Å². The number of nitrogens with one attached hydrogen (secondary N) is 2. The highest BCUT2D eigenvalue weighted by atomic mass is 16.5. The summed E-state index contributed by atoms with van der Waals surface area (Å²) >= 11 is 0. The third kappa shape index (κ3) is 5.95. The van der Waals surface area contributed by atoms with E-state index in [0.717, 1.165) is 18.8 Å². The summed E-state index contributed by atoms with van der Waals surface area (Å²) in [6.45, 7) is 6.07. The van der Waals surface area contributed by atoms with E-state index in [0.29, 0.717) is 24.9 Å². The number of aromatic nitrogens is 2. The molecule has 1 heterocycles. The molecule has 1 aromatic rings. The Balaban J connectivity index is 2.90. The Hall–Kier alpha value is -1.89. The Bertz CT molecular complexity index is 427. The molecule has 0 aliphatic carbocycles. The molecule has 0 aliphatic rings. The molecular formula is C14H25N5O2. The smallest absolute Gasteiger partial charge is 0.239 e. The standard InChI is InChI=1S/C14H25N5O2/c1-5-7-16-11-8-13(19(4)9-14(20)15-3)18-12(17-11)10-21-6-2/h8H,5-7,9-10H2,1-4H3,(H,15,20)(H,16,17,18). The van der Waals surface area contributed by atoms with Gasteiger partial charge in [-0.15, -0.1) is 0 Å². The lowest BCUT2D eigenvalue weighted by Crippen LogP contribution is -2.33. The molecule has 0 saturated heterocycles. The van der Waals surface area contributed by atoms with Crippen LogP contribution in [0.3, 0.4) is 0 Å². The monoisotopic (exact) mass is 295 g/mol. The predicted molar refractivity (Wildman–Crippen MR) is 83.5 cm³/mol. The topological polar surface area (TPSA) is 79.4 Å². The molecule has 1 rings (SSSR count). The zero-order chi connectivity index (χ0) is 15.7. The summed E-state index contributed by atoms with van der Waals surface area (Å²) in [5.74, 6) is 1.99. The van der Waals surface area contributed by atoms with Crippen molar-refractivity contribution < 1.29 is 9.53 Å². The zero-order valence-electron chi connectivity index (χ0n) is 13.3. The van der Waals surface area contributed by atoms with Gasteiger partial charge in [0.2, 0.25) is 5.91 Å². The zero-order valence-corrected chi connectivity index (χ0v) is 13.3. The molecule has 21 heavy (non-hydrogen) atoms. The van der Waals surface area contributed by atoms with Gasteiger partial charge in [0.25, 0.3) is 0 Å². The molecule has 2 N–H and O–H groups in total. The van der Waals surface area contributed by atoms with Crippen molar-refractivity contribution in [1.29, 1.82) is 0 Å². The van der Waals surface area contributed by atoms with Gasteiger partial charge in [-0.05, 0) is 13.3 Å². The minimum absolute atomic E-state index is 0.0643. The number of carbonyl (C=O) groups is 1. The van der Waals surface area contributed by atoms with Gasteiger partial charge < -0.3 is 20.3 Å². The summed E-state index contributed by atoms with van der Waals surface area (Å²) in [6, 6.07) is 1.84. The second kappa shape index (κ2) is 9.12. The van der Waals surface area contributed by atoms with E-state index in [1.165, 1.54) is 0 Å². The van der Waals surface area contributed by atoms with Crippen LogP contribution in [0.4, 0.5) is 11.6 Å². The van der Waals surface area contributed by atoms with Crippen LogP contribution in [0.15, 0.2) is 6.07 Å². The highest BCUT2D eigenvalue weighted by Crippen LogP contribution is 2.15. The van der Waals surface area contributed by atoms with E-state index in [2.05, 4.69) is 27.5 Å². The molecule has 0 spiro atoms. The van der Waals surface area contributed by atoms with Crippen molar-refractivity contribution in [3.05, 3.63) is 11.9 Å². The van der Waals surface area contributed by atoms with Crippen LogP contribution in [-0.2, 0) is 16.1 Å². The third-order valence-electron chi connectivity index (χ3n) is 2.80. The molecule has 1 amide bonds. The van der Waals surface area contributed by atoms with Crippen LogP contribution < -0.4 is 15.5 Å². The van der Waals surface area contributed by atoms with Gasteiger partial charge in [0.15, 0.2) is 5.82 Å². The maximum Gasteiger partial charge on any atom is 0.239 e. The van der Waals surface area contributed by atoms with Crippen LogP contribution in [-0.4, -0.2) is 49.7 Å². The van der Waals surface area contributed by atoms with Gasteiger partial charge in [-0.2, -0.15) is 0 Å². The lowest BCUT2D eigenvalue weighted by Gasteiger charge is -2.19. The number of carbonyl (C=O) groups excluding carboxylic acids is 1. The molecule has 0 fully saturated rings. The summed E-state index contributed by atoms with van der Waals surface area (Å²) in [5, 5.41) is 5.84. The van der Waals surface area contributed by atoms with Gasteiger partial charge in [-0.25, -0.2) is 9.97 Å². The second-order valence-electron chi connectivity index (χ2n) is 4.62. The third-order valence-corrected chi connectivity index (χ3v) is 2.80. The largest absolute Gasteiger partial charge is 0.374 e. The van der Waals surface area contributed by atoms with E-state index < -0.39 is 0 Å². The highest BCUT2D eigenvalue weighted by molar-refractivity contribution is 5.80. The Morgan fingerprint density at radius 2 is 2.14 bits per heavy atom. The number of nitrogens with zero attached hydrogens (tertiary/aromatic N) is 3. The van der Waals surface area contributed by atoms with Gasteiger partial charge in [-0.3, -0.25) is 4.79 Å². The number of hydrogen-bond donors (Lipinski definition) is 2. The Morgan fingerprint density at radius 1 is 1.38 bits per heavy atom. The first-order valence-corrected chi connectivity index (χ1v) is 7.22. The maximum absolute atomic E-state index is 11.5. The summed E-state index contributed by atoms with van der Waals surface area (Å²) in [5.41, 5.74) is 0. The minimum Gasteiger partial charge on any atom is -0.374 e. The average molecular weight is 295 g/mol. The molecule has 118 valence electrons. The maximum atomic E-state index is 11.5. The summed E-state index contributed by atoms with van der Waals surface area (Å²) in [7, 11) is 3.44. The molecule has 0 atom stereocenters. The Morgan fingerprint density at radius 3 is 2.76 bits per heavy atom. The van der Waals surface area contributed by atoms with Crippen molar-refractivity contribution in [3.63, 3.8) is 0 Å². The van der Waals surface area contributed by atoms with Crippen molar-refractivity contribution in [2.45, 2.75) is 26.9 Å². The SMILES string of the molecule is CCCNc1cc(N(C)CC(=O)NC)nc(COCC)n1. The van der Waals surface area contributed by atoms with E-state index in [9.17, 15) is 4.79 Å². The number of likely N-dealkylation sites (N-methyl/N-ethyl adjacent to an activating group) is 2. The van der Waals surface area contributed by atoms with E-state index in [1.54, 1.807) is 11.9 Å². The molecule has 1 aromatic heterocycles. The van der Waals surface area contributed by atoms with Crippen molar-refractivity contribution in [1.82, 2.24) is 15.3 Å². The van der Waals surface area contributed by atoms with Crippen LogP contribution in [0.2, 0.25) is 0 Å². The first-order valence-electron chi connectivity index (χ1n) is 7.22. The van der Waals surface area contributed by atoms with Crippen LogP contribution in [0, 0.1) is 0 Å². The van der Waals surface area contributed by atoms with Crippen LogP contribution >= 0.6 is 0 Å². The molecule has 0 unspecified atom stereocenters. The van der Waals surface area contributed by atoms with Gasteiger partial charge in [-0.1, -0.05) is 6.92 Å². The first kappa shape index (κ1) is 17.2. The summed E-state index contributed by atoms with van der Waals surface area (Å²) < 4.78 is 5.37. The number of anilines is 2. The fourth-order valence-corrected chi connectivity index (χ4v) is 1.66. The van der Waals surface area contributed by atoms with E-state index >= 15 is 0 Å². The minimum atomic E-state index is -0.0643. The van der Waals surface area contributed by atoms with Crippen LogP contribution in [0.25, 0.3) is 0 Å². The molecule has 0 aliphatic heterocycles. The first-order chi connectivity index (χ1) is 10.1. The van der Waals surface area contributed by atoms with Crippen molar-refractivity contribution in [2.75, 3.05) is 44.0 Å². The Labute approximate surface area is 126 Å². The van der Waals surface area contributed by atoms with E-state index in [4.69, 9.17) is 4.74 Å². The summed E-state index contributed by atoms with van der Waals surface area (Å²) in [4.78, 5) is 22.1. The lowest BCUT2D eigenvalue weighted by molar-refractivity contribution is -0.119. The molecular weight excluding hydrogens is 270 g/mol. The number of rotatable bonds is 9. The van der Waals surface area contributed by atoms with Gasteiger partial charge in [0.1, 0.15) is 18.2 Å². The Kier molecular flexibility index (Phi) is 7.45. The molecule has 0 aromatic carbocycles. The number of amides is 1. The van der Waals surface area contributed by atoms with E-state index in [1.807, 2.05) is 20.0 Å². The van der Waals surface area contributed by atoms with Crippen LogP contribution in [0.1, 0.15) is 26.1 Å². The fourth-order valence-electron chi connectivity index (χ4n) is 1.66. The number of hydrogen-bond acceptors (Lipinski definition) is 6.